The van der Waals surface area contributed by atoms with Crippen molar-refractivity contribution in [2.24, 2.45) is 0 Å². The number of imidazole rings is 1. The number of nitrogens with zero attached hydrogens (tertiary/aromatic N) is 2. The molecule has 0 radical (unpaired) electrons. The van der Waals surface area contributed by atoms with Gasteiger partial charge >= 0.3 is 0 Å². The van der Waals surface area contributed by atoms with E-state index in [0.29, 0.717) is 0 Å². The summed E-state index contributed by atoms with van der Waals surface area (Å²) >= 11 is 0. The van der Waals surface area contributed by atoms with Crippen LogP contribution in [-0.2, 0) is 19.4 Å². The van der Waals surface area contributed by atoms with Gasteiger partial charge in [-0.2, -0.15) is 0 Å². The molecule has 0 fully saturated rings. The monoisotopic (exact) mass is 277 g/mol. The Morgan fingerprint density at radius 3 is 2.10 bits per heavy atom. The molecule has 1 heterocycles. The summed E-state index contributed by atoms with van der Waals surface area (Å²) in [5, 5.41) is 0. The van der Waals surface area contributed by atoms with Crippen molar-refractivity contribution < 1.29 is 0 Å². The lowest BCUT2D eigenvalue weighted by molar-refractivity contribution is 0.807. The summed E-state index contributed by atoms with van der Waals surface area (Å²) in [6.45, 7) is 0.769. The van der Waals surface area contributed by atoms with E-state index in [1.165, 1.54) is 11.1 Å². The molecule has 0 aliphatic rings. The molecule has 106 valence electrons. The molecule has 0 bridgehead atoms. The van der Waals surface area contributed by atoms with Gasteiger partial charge in [0.15, 0.2) is 0 Å². The van der Waals surface area contributed by atoms with Crippen LogP contribution >= 0.6 is 0 Å². The maximum Gasteiger partial charge on any atom is 0.126 e. The maximum atomic E-state index is 6.22. The number of nitrogen functional groups attached to an aromatic ring is 1. The second kappa shape index (κ2) is 6.27. The molecular formula is C18H19N3. The van der Waals surface area contributed by atoms with Crippen molar-refractivity contribution in [2.45, 2.75) is 19.4 Å². The molecule has 0 atom stereocenters. The molecule has 0 amide bonds. The number of aromatic nitrogens is 2. The van der Waals surface area contributed by atoms with Gasteiger partial charge in [-0.3, -0.25) is 0 Å². The number of nitrogens with two attached hydrogens (primary N) is 1. The zero-order chi connectivity index (χ0) is 14.5. The van der Waals surface area contributed by atoms with E-state index in [9.17, 15) is 0 Å². The van der Waals surface area contributed by atoms with Crippen LogP contribution in [0.1, 0.15) is 16.8 Å². The summed E-state index contributed by atoms with van der Waals surface area (Å²) in [5.74, 6) is 0.773. The molecule has 2 aromatic carbocycles. The van der Waals surface area contributed by atoms with Crippen molar-refractivity contribution in [3.05, 3.63) is 83.8 Å². The summed E-state index contributed by atoms with van der Waals surface area (Å²) in [4.78, 5) is 4.46. The standard InChI is InChI=1S/C18H19N3/c19-18-17(12-11-15-7-3-1-4-8-15)20-14-21(18)13-16-9-5-2-6-10-16/h1-10,14H,11-13,19H2. The molecule has 0 unspecified atom stereocenters. The van der Waals surface area contributed by atoms with Gasteiger partial charge in [0, 0.05) is 0 Å². The van der Waals surface area contributed by atoms with Gasteiger partial charge in [-0.25, -0.2) is 4.98 Å². The number of aryl methyl sites for hydroxylation is 2. The molecular weight excluding hydrogens is 258 g/mol. The Labute approximate surface area is 125 Å². The third-order valence-electron chi connectivity index (χ3n) is 3.65. The topological polar surface area (TPSA) is 43.8 Å². The molecule has 1 aromatic heterocycles. The first-order valence-electron chi connectivity index (χ1n) is 7.20. The molecule has 3 aromatic rings. The van der Waals surface area contributed by atoms with E-state index in [1.54, 1.807) is 0 Å². The lowest BCUT2D eigenvalue weighted by atomic mass is 10.1. The van der Waals surface area contributed by atoms with E-state index < -0.39 is 0 Å². The molecule has 3 nitrogen and oxygen atoms in total. The van der Waals surface area contributed by atoms with Crippen molar-refractivity contribution in [1.29, 1.82) is 0 Å². The number of anilines is 1. The quantitative estimate of drug-likeness (QED) is 0.777. The minimum Gasteiger partial charge on any atom is -0.384 e. The first-order chi connectivity index (χ1) is 10.3. The smallest absolute Gasteiger partial charge is 0.126 e. The highest BCUT2D eigenvalue weighted by Gasteiger charge is 2.08. The Balaban J connectivity index is 1.68. The van der Waals surface area contributed by atoms with Crippen molar-refractivity contribution in [1.82, 2.24) is 9.55 Å². The lowest BCUT2D eigenvalue weighted by Gasteiger charge is -2.06. The van der Waals surface area contributed by atoms with Gasteiger partial charge < -0.3 is 10.3 Å². The van der Waals surface area contributed by atoms with E-state index in [4.69, 9.17) is 5.73 Å². The second-order valence-electron chi connectivity index (χ2n) is 5.18. The van der Waals surface area contributed by atoms with Gasteiger partial charge in [-0.1, -0.05) is 60.7 Å². The maximum absolute atomic E-state index is 6.22. The molecule has 0 saturated carbocycles. The van der Waals surface area contributed by atoms with Crippen LogP contribution in [0.3, 0.4) is 0 Å². The van der Waals surface area contributed by atoms with E-state index in [0.717, 1.165) is 30.9 Å². The van der Waals surface area contributed by atoms with E-state index >= 15 is 0 Å². The van der Waals surface area contributed by atoms with Crippen molar-refractivity contribution in [3.8, 4) is 0 Å². The predicted octanol–water partition coefficient (Wildman–Crippen LogP) is 3.30. The SMILES string of the molecule is Nc1c(CCc2ccccc2)ncn1Cc1ccccc1. The minimum atomic E-state index is 0.769. The molecule has 0 saturated heterocycles. The second-order valence-corrected chi connectivity index (χ2v) is 5.18. The fourth-order valence-electron chi connectivity index (χ4n) is 2.44. The molecule has 3 rings (SSSR count). The van der Waals surface area contributed by atoms with Gasteiger partial charge in [0.05, 0.1) is 18.6 Å². The van der Waals surface area contributed by atoms with Crippen LogP contribution in [0.5, 0.6) is 0 Å². The normalized spacial score (nSPS) is 10.7. The van der Waals surface area contributed by atoms with E-state index in [2.05, 4.69) is 41.4 Å². The summed E-state index contributed by atoms with van der Waals surface area (Å²) in [5.41, 5.74) is 9.74. The van der Waals surface area contributed by atoms with Crippen molar-refractivity contribution in [3.63, 3.8) is 0 Å². The first-order valence-corrected chi connectivity index (χ1v) is 7.20. The molecule has 3 heteroatoms. The lowest BCUT2D eigenvalue weighted by Crippen LogP contribution is -2.05. The zero-order valence-corrected chi connectivity index (χ0v) is 11.9. The molecule has 0 aliphatic carbocycles. The third kappa shape index (κ3) is 3.31. The fourth-order valence-corrected chi connectivity index (χ4v) is 2.44. The number of benzene rings is 2. The van der Waals surface area contributed by atoms with Gasteiger partial charge in [0.2, 0.25) is 0 Å². The largest absolute Gasteiger partial charge is 0.384 e. The first kappa shape index (κ1) is 13.4. The molecule has 21 heavy (non-hydrogen) atoms. The predicted molar refractivity (Wildman–Crippen MR) is 86.0 cm³/mol. The van der Waals surface area contributed by atoms with E-state index in [-0.39, 0.29) is 0 Å². The molecule has 0 spiro atoms. The Morgan fingerprint density at radius 1 is 0.810 bits per heavy atom. The third-order valence-corrected chi connectivity index (χ3v) is 3.65. The summed E-state index contributed by atoms with van der Waals surface area (Å²) in [7, 11) is 0. The van der Waals surface area contributed by atoms with Crippen molar-refractivity contribution >= 4 is 5.82 Å². The molecule has 2 N–H and O–H groups in total. The zero-order valence-electron chi connectivity index (χ0n) is 11.9. The van der Waals surface area contributed by atoms with Crippen LogP contribution in [0.2, 0.25) is 0 Å². The number of hydrogen-bond donors (Lipinski definition) is 1. The van der Waals surface area contributed by atoms with Crippen LogP contribution in [0.25, 0.3) is 0 Å². The average molecular weight is 277 g/mol. The highest BCUT2D eigenvalue weighted by atomic mass is 15.1. The van der Waals surface area contributed by atoms with Gasteiger partial charge in [-0.05, 0) is 24.0 Å². The summed E-state index contributed by atoms with van der Waals surface area (Å²) in [6.07, 6.45) is 3.67. The Morgan fingerprint density at radius 2 is 1.43 bits per heavy atom. The minimum absolute atomic E-state index is 0.769. The van der Waals surface area contributed by atoms with Crippen LogP contribution < -0.4 is 5.73 Å². The highest BCUT2D eigenvalue weighted by Crippen LogP contribution is 2.15. The number of hydrogen-bond acceptors (Lipinski definition) is 2. The summed E-state index contributed by atoms with van der Waals surface area (Å²) in [6, 6.07) is 20.7. The number of rotatable bonds is 5. The van der Waals surface area contributed by atoms with Gasteiger partial charge in [0.25, 0.3) is 0 Å². The average Bonchev–Trinajstić information content (AvgIpc) is 2.88. The Kier molecular flexibility index (Phi) is 4.01. The highest BCUT2D eigenvalue weighted by molar-refractivity contribution is 5.37. The Bertz CT molecular complexity index is 687. The van der Waals surface area contributed by atoms with Crippen LogP contribution in [-0.4, -0.2) is 9.55 Å². The van der Waals surface area contributed by atoms with Crippen LogP contribution in [0, 0.1) is 0 Å². The van der Waals surface area contributed by atoms with Crippen LogP contribution in [0.15, 0.2) is 67.0 Å². The summed E-state index contributed by atoms with van der Waals surface area (Å²) < 4.78 is 2.01. The van der Waals surface area contributed by atoms with Gasteiger partial charge in [-0.15, -0.1) is 0 Å². The van der Waals surface area contributed by atoms with Gasteiger partial charge in [0.1, 0.15) is 5.82 Å². The Hall–Kier alpha value is -2.55. The fraction of sp³-hybridized carbons (Fsp3) is 0.167. The van der Waals surface area contributed by atoms with Crippen LogP contribution in [0.4, 0.5) is 5.82 Å². The van der Waals surface area contributed by atoms with E-state index in [1.807, 2.05) is 35.2 Å². The molecule has 0 aliphatic heterocycles. The van der Waals surface area contributed by atoms with Crippen molar-refractivity contribution in [2.75, 3.05) is 5.73 Å².